The van der Waals surface area contributed by atoms with Crippen molar-refractivity contribution in [3.8, 4) is 0 Å². The van der Waals surface area contributed by atoms with Gasteiger partial charge in [0.25, 0.3) is 0 Å². The molecular weight excluding hydrogens is 178 g/mol. The van der Waals surface area contributed by atoms with Crippen molar-refractivity contribution in [2.24, 2.45) is 4.99 Å². The molecule has 1 N–H and O–H groups in total. The van der Waals surface area contributed by atoms with Gasteiger partial charge < -0.3 is 5.32 Å². The minimum atomic E-state index is 0.889. The van der Waals surface area contributed by atoms with Crippen LogP contribution in [0.2, 0.25) is 0 Å². The molecule has 0 aliphatic carbocycles. The lowest BCUT2D eigenvalue weighted by Crippen LogP contribution is -2.05. The van der Waals surface area contributed by atoms with E-state index >= 15 is 0 Å². The Morgan fingerprint density at radius 2 is 2.64 bits per heavy atom. The zero-order valence-corrected chi connectivity index (χ0v) is 8.00. The maximum atomic E-state index is 4.07. The number of aliphatic imine (C=N–C) groups is 1. The van der Waals surface area contributed by atoms with E-state index < -0.39 is 0 Å². The number of anilines is 1. The van der Waals surface area contributed by atoms with Crippen LogP contribution in [-0.2, 0) is 0 Å². The van der Waals surface area contributed by atoms with Crippen molar-refractivity contribution in [1.29, 1.82) is 0 Å². The van der Waals surface area contributed by atoms with E-state index in [1.807, 2.05) is 11.6 Å². The van der Waals surface area contributed by atoms with Crippen LogP contribution in [0.4, 0.5) is 5.13 Å². The SMILES string of the molecule is CN=C(Nc1nccs1)SC. The molecule has 5 heteroatoms. The predicted molar refractivity (Wildman–Crippen MR) is 52.6 cm³/mol. The van der Waals surface area contributed by atoms with Crippen LogP contribution in [0.25, 0.3) is 0 Å². The molecule has 0 aromatic carbocycles. The molecule has 3 nitrogen and oxygen atoms in total. The van der Waals surface area contributed by atoms with E-state index in [0.717, 1.165) is 10.3 Å². The highest BCUT2D eigenvalue weighted by atomic mass is 32.2. The maximum Gasteiger partial charge on any atom is 0.188 e. The summed E-state index contributed by atoms with van der Waals surface area (Å²) in [6.45, 7) is 0. The van der Waals surface area contributed by atoms with Gasteiger partial charge in [-0.2, -0.15) is 0 Å². The van der Waals surface area contributed by atoms with E-state index in [2.05, 4.69) is 15.3 Å². The Labute approximate surface area is 74.0 Å². The van der Waals surface area contributed by atoms with Gasteiger partial charge in [-0.15, -0.1) is 11.3 Å². The van der Waals surface area contributed by atoms with Crippen LogP contribution in [0, 0.1) is 0 Å². The normalized spacial score (nSPS) is 11.6. The van der Waals surface area contributed by atoms with Gasteiger partial charge in [0.1, 0.15) is 0 Å². The summed E-state index contributed by atoms with van der Waals surface area (Å²) < 4.78 is 0. The van der Waals surface area contributed by atoms with E-state index in [9.17, 15) is 0 Å². The summed E-state index contributed by atoms with van der Waals surface area (Å²) in [4.78, 5) is 8.08. The molecule has 0 fully saturated rings. The summed E-state index contributed by atoms with van der Waals surface area (Å²) in [7, 11) is 1.76. The second-order valence-corrected chi connectivity index (χ2v) is 3.38. The summed E-state index contributed by atoms with van der Waals surface area (Å²) in [5, 5.41) is 6.78. The summed E-state index contributed by atoms with van der Waals surface area (Å²) in [6, 6.07) is 0. The zero-order valence-electron chi connectivity index (χ0n) is 6.37. The third-order valence-corrected chi connectivity index (χ3v) is 2.40. The molecule has 0 bridgehead atoms. The van der Waals surface area contributed by atoms with Crippen LogP contribution in [0.1, 0.15) is 0 Å². The van der Waals surface area contributed by atoms with E-state index in [-0.39, 0.29) is 0 Å². The Balaban J connectivity index is 2.55. The zero-order chi connectivity index (χ0) is 8.10. The first-order valence-electron chi connectivity index (χ1n) is 3.04. The smallest absolute Gasteiger partial charge is 0.188 e. The summed E-state index contributed by atoms with van der Waals surface area (Å²) in [5.74, 6) is 0. The largest absolute Gasteiger partial charge is 0.311 e. The molecule has 0 saturated carbocycles. The number of nitrogens with one attached hydrogen (secondary N) is 1. The Morgan fingerprint density at radius 1 is 1.82 bits per heavy atom. The first kappa shape index (κ1) is 8.55. The van der Waals surface area contributed by atoms with E-state index in [1.165, 1.54) is 0 Å². The van der Waals surface area contributed by atoms with Gasteiger partial charge in [-0.05, 0) is 6.26 Å². The number of rotatable bonds is 1. The Kier molecular flexibility index (Phi) is 3.38. The van der Waals surface area contributed by atoms with Crippen LogP contribution in [0.15, 0.2) is 16.6 Å². The molecule has 0 amide bonds. The lowest BCUT2D eigenvalue weighted by molar-refractivity contribution is 1.39. The van der Waals surface area contributed by atoms with Crippen LogP contribution in [0.5, 0.6) is 0 Å². The van der Waals surface area contributed by atoms with Crippen molar-refractivity contribution in [3.05, 3.63) is 11.6 Å². The highest BCUT2D eigenvalue weighted by Crippen LogP contribution is 2.12. The molecule has 1 aromatic rings. The van der Waals surface area contributed by atoms with E-state index in [1.54, 1.807) is 36.3 Å². The first-order valence-corrected chi connectivity index (χ1v) is 5.14. The lowest BCUT2D eigenvalue weighted by atomic mass is 11.0. The average Bonchev–Trinajstić information content (AvgIpc) is 2.52. The van der Waals surface area contributed by atoms with Crippen molar-refractivity contribution < 1.29 is 0 Å². The minimum Gasteiger partial charge on any atom is -0.311 e. The molecule has 0 aliphatic heterocycles. The first-order chi connectivity index (χ1) is 5.36. The summed E-state index contributed by atoms with van der Waals surface area (Å²) >= 11 is 3.14. The van der Waals surface area contributed by atoms with Crippen LogP contribution < -0.4 is 5.32 Å². The van der Waals surface area contributed by atoms with Crippen molar-refractivity contribution in [2.45, 2.75) is 0 Å². The molecule has 11 heavy (non-hydrogen) atoms. The number of thiazole rings is 1. The van der Waals surface area contributed by atoms with Crippen LogP contribution in [-0.4, -0.2) is 23.5 Å². The molecule has 0 unspecified atom stereocenters. The van der Waals surface area contributed by atoms with Crippen molar-refractivity contribution in [1.82, 2.24) is 4.98 Å². The number of thioether (sulfide) groups is 1. The maximum absolute atomic E-state index is 4.07. The molecule has 1 aromatic heterocycles. The fourth-order valence-corrected chi connectivity index (χ4v) is 1.55. The van der Waals surface area contributed by atoms with Gasteiger partial charge in [0.15, 0.2) is 10.3 Å². The quantitative estimate of drug-likeness (QED) is 0.539. The Hall–Kier alpha value is -0.550. The molecular formula is C6H9N3S2. The van der Waals surface area contributed by atoms with Crippen molar-refractivity contribution in [2.75, 3.05) is 18.6 Å². The Morgan fingerprint density at radius 3 is 3.09 bits per heavy atom. The molecule has 0 aliphatic rings. The summed E-state index contributed by atoms with van der Waals surface area (Å²) in [5.41, 5.74) is 0. The van der Waals surface area contributed by atoms with E-state index in [0.29, 0.717) is 0 Å². The second-order valence-electron chi connectivity index (χ2n) is 1.70. The molecule has 1 rings (SSSR count). The van der Waals surface area contributed by atoms with E-state index in [4.69, 9.17) is 0 Å². The van der Waals surface area contributed by atoms with Crippen LogP contribution in [0.3, 0.4) is 0 Å². The third kappa shape index (κ3) is 2.51. The highest BCUT2D eigenvalue weighted by molar-refractivity contribution is 8.13. The Bertz CT molecular complexity index is 230. The fourth-order valence-electron chi connectivity index (χ4n) is 0.575. The number of nitrogens with zero attached hydrogens (tertiary/aromatic N) is 2. The number of hydrogen-bond donors (Lipinski definition) is 1. The van der Waals surface area contributed by atoms with Gasteiger partial charge in [0.05, 0.1) is 0 Å². The number of hydrogen-bond acceptors (Lipinski definition) is 4. The van der Waals surface area contributed by atoms with Crippen LogP contribution >= 0.6 is 23.1 Å². The van der Waals surface area contributed by atoms with Crippen molar-refractivity contribution in [3.63, 3.8) is 0 Å². The fraction of sp³-hybridized carbons (Fsp3) is 0.333. The molecule has 60 valence electrons. The third-order valence-electron chi connectivity index (χ3n) is 1.04. The second kappa shape index (κ2) is 4.35. The van der Waals surface area contributed by atoms with Gasteiger partial charge in [0.2, 0.25) is 0 Å². The van der Waals surface area contributed by atoms with Crippen molar-refractivity contribution >= 4 is 33.4 Å². The minimum absolute atomic E-state index is 0.889. The average molecular weight is 187 g/mol. The van der Waals surface area contributed by atoms with Gasteiger partial charge in [-0.1, -0.05) is 11.8 Å². The van der Waals surface area contributed by atoms with Gasteiger partial charge in [-0.3, -0.25) is 4.99 Å². The lowest BCUT2D eigenvalue weighted by Gasteiger charge is -2.00. The molecule has 0 atom stereocenters. The topological polar surface area (TPSA) is 37.3 Å². The monoisotopic (exact) mass is 187 g/mol. The number of amidine groups is 1. The number of aromatic nitrogens is 1. The van der Waals surface area contributed by atoms with Gasteiger partial charge in [-0.25, -0.2) is 4.98 Å². The standard InChI is InChI=1S/C6H9N3S2/c1-7-5(10-2)9-6-8-3-4-11-6/h3-4H,1-2H3,(H,7,8,9). The molecule has 0 saturated heterocycles. The van der Waals surface area contributed by atoms with Gasteiger partial charge >= 0.3 is 0 Å². The summed E-state index contributed by atoms with van der Waals surface area (Å²) in [6.07, 6.45) is 3.74. The molecule has 0 spiro atoms. The van der Waals surface area contributed by atoms with Gasteiger partial charge in [0, 0.05) is 18.6 Å². The predicted octanol–water partition coefficient (Wildman–Crippen LogP) is 1.90. The highest BCUT2D eigenvalue weighted by Gasteiger charge is 1.97. The molecule has 0 radical (unpaired) electrons. The molecule has 1 heterocycles.